The number of halogens is 1. The molecule has 2 aromatic carbocycles. The molecule has 1 aromatic heterocycles. The zero-order chi connectivity index (χ0) is 14.4. The predicted octanol–water partition coefficient (Wildman–Crippen LogP) is 3.97. The number of rotatable bonds is 1. The van der Waals surface area contributed by atoms with Gasteiger partial charge in [-0.15, -0.1) is 0 Å². The van der Waals surface area contributed by atoms with Gasteiger partial charge in [-0.1, -0.05) is 36.4 Å². The molecule has 0 spiro atoms. The molecule has 4 rings (SSSR count). The minimum atomic E-state index is -0.329. The van der Waals surface area contributed by atoms with Crippen LogP contribution in [0, 0.1) is 12.7 Å². The van der Waals surface area contributed by atoms with Crippen LogP contribution in [-0.4, -0.2) is 9.78 Å². The van der Waals surface area contributed by atoms with Gasteiger partial charge in [-0.05, 0) is 25.1 Å². The lowest BCUT2D eigenvalue weighted by atomic mass is 10.0. The summed E-state index contributed by atoms with van der Waals surface area (Å²) < 4.78 is 16.0. The first kappa shape index (κ1) is 12.1. The molecular formula is C17H14FN3. The number of aryl methyl sites for hydroxylation is 1. The van der Waals surface area contributed by atoms with Gasteiger partial charge < -0.3 is 5.32 Å². The van der Waals surface area contributed by atoms with Crippen LogP contribution >= 0.6 is 0 Å². The van der Waals surface area contributed by atoms with Gasteiger partial charge in [-0.25, -0.2) is 9.07 Å². The molecule has 21 heavy (non-hydrogen) atoms. The summed E-state index contributed by atoms with van der Waals surface area (Å²) in [5, 5.41) is 7.92. The fourth-order valence-corrected chi connectivity index (χ4v) is 2.86. The van der Waals surface area contributed by atoms with Gasteiger partial charge in [-0.2, -0.15) is 5.10 Å². The van der Waals surface area contributed by atoms with Crippen LogP contribution in [0.5, 0.6) is 0 Å². The van der Waals surface area contributed by atoms with Crippen LogP contribution in [0.15, 0.2) is 54.6 Å². The molecule has 4 heteroatoms. The van der Waals surface area contributed by atoms with Crippen LogP contribution < -0.4 is 5.32 Å². The fourth-order valence-electron chi connectivity index (χ4n) is 2.86. The average molecular weight is 279 g/mol. The highest BCUT2D eigenvalue weighted by Crippen LogP contribution is 2.38. The summed E-state index contributed by atoms with van der Waals surface area (Å²) in [4.78, 5) is 0. The Morgan fingerprint density at radius 3 is 2.71 bits per heavy atom. The zero-order valence-electron chi connectivity index (χ0n) is 11.5. The van der Waals surface area contributed by atoms with Crippen molar-refractivity contribution in [2.45, 2.75) is 13.1 Å². The number of hydrogen-bond acceptors (Lipinski definition) is 2. The quantitative estimate of drug-likeness (QED) is 0.730. The van der Waals surface area contributed by atoms with Gasteiger partial charge in [0.25, 0.3) is 0 Å². The van der Waals surface area contributed by atoms with E-state index in [2.05, 4.69) is 10.4 Å². The van der Waals surface area contributed by atoms with Crippen LogP contribution in [-0.2, 0) is 0 Å². The van der Waals surface area contributed by atoms with Crippen molar-refractivity contribution in [2.75, 3.05) is 5.32 Å². The second-order valence-corrected chi connectivity index (χ2v) is 5.23. The molecule has 1 atom stereocenters. The maximum Gasteiger partial charge on any atom is 0.150 e. The van der Waals surface area contributed by atoms with Gasteiger partial charge in [-0.3, -0.25) is 0 Å². The van der Waals surface area contributed by atoms with Crippen molar-refractivity contribution in [3.8, 4) is 11.3 Å². The van der Waals surface area contributed by atoms with Crippen LogP contribution in [0.1, 0.15) is 17.4 Å². The van der Waals surface area contributed by atoms with E-state index in [0.29, 0.717) is 5.56 Å². The fraction of sp³-hybridized carbons (Fsp3) is 0.118. The number of benzene rings is 2. The smallest absolute Gasteiger partial charge is 0.150 e. The highest BCUT2D eigenvalue weighted by Gasteiger charge is 2.27. The summed E-state index contributed by atoms with van der Waals surface area (Å²) in [6.07, 6.45) is -0.329. The first-order valence-corrected chi connectivity index (χ1v) is 6.90. The topological polar surface area (TPSA) is 29.9 Å². The van der Waals surface area contributed by atoms with E-state index in [4.69, 9.17) is 0 Å². The molecule has 0 bridgehead atoms. The molecule has 1 aliphatic heterocycles. The third-order valence-corrected chi connectivity index (χ3v) is 3.80. The highest BCUT2D eigenvalue weighted by molar-refractivity contribution is 5.78. The third-order valence-electron chi connectivity index (χ3n) is 3.80. The Balaban J connectivity index is 1.94. The summed E-state index contributed by atoms with van der Waals surface area (Å²) in [6, 6.07) is 16.9. The molecule has 2 heterocycles. The van der Waals surface area contributed by atoms with E-state index in [1.165, 1.54) is 6.07 Å². The van der Waals surface area contributed by atoms with Gasteiger partial charge in [0.1, 0.15) is 12.0 Å². The standard InChI is InChI=1S/C17H14FN3/c1-11-10-16-13-7-3-5-9-15(13)19-17(21(16)20-11)12-6-2-4-8-14(12)18/h2-10,17,19H,1H3. The minimum absolute atomic E-state index is 0.228. The summed E-state index contributed by atoms with van der Waals surface area (Å²) in [6.45, 7) is 1.95. The molecule has 0 amide bonds. The minimum Gasteiger partial charge on any atom is -0.359 e. The molecule has 3 nitrogen and oxygen atoms in total. The van der Waals surface area contributed by atoms with Gasteiger partial charge in [0.2, 0.25) is 0 Å². The van der Waals surface area contributed by atoms with Crippen molar-refractivity contribution >= 4 is 5.69 Å². The lowest BCUT2D eigenvalue weighted by Crippen LogP contribution is -2.26. The Morgan fingerprint density at radius 1 is 1.10 bits per heavy atom. The van der Waals surface area contributed by atoms with Crippen molar-refractivity contribution in [3.05, 3.63) is 71.7 Å². The maximum atomic E-state index is 14.2. The predicted molar refractivity (Wildman–Crippen MR) is 80.6 cm³/mol. The SMILES string of the molecule is Cc1cc2n(n1)C(c1ccccc1F)Nc1ccccc1-2. The molecule has 104 valence electrons. The third kappa shape index (κ3) is 1.83. The Hall–Kier alpha value is -2.62. The van der Waals surface area contributed by atoms with Crippen molar-refractivity contribution < 1.29 is 4.39 Å². The number of para-hydroxylation sites is 1. The Kier molecular flexibility index (Phi) is 2.57. The molecule has 0 saturated carbocycles. The maximum absolute atomic E-state index is 14.2. The highest BCUT2D eigenvalue weighted by atomic mass is 19.1. The van der Waals surface area contributed by atoms with Gasteiger partial charge in [0.15, 0.2) is 0 Å². The van der Waals surface area contributed by atoms with Crippen LogP contribution in [0.2, 0.25) is 0 Å². The van der Waals surface area contributed by atoms with E-state index in [1.807, 2.05) is 48.0 Å². The number of fused-ring (bicyclic) bond motifs is 3. The van der Waals surface area contributed by atoms with Gasteiger partial charge in [0, 0.05) is 16.8 Å². The molecule has 1 unspecified atom stereocenters. The summed E-state index contributed by atoms with van der Waals surface area (Å²) in [5.74, 6) is -0.228. The van der Waals surface area contributed by atoms with E-state index in [9.17, 15) is 4.39 Å². The van der Waals surface area contributed by atoms with E-state index in [-0.39, 0.29) is 12.0 Å². The first-order valence-electron chi connectivity index (χ1n) is 6.90. The number of nitrogens with one attached hydrogen (secondary N) is 1. The summed E-state index contributed by atoms with van der Waals surface area (Å²) in [5.41, 5.74) is 4.61. The number of nitrogens with zero attached hydrogens (tertiary/aromatic N) is 2. The van der Waals surface area contributed by atoms with Gasteiger partial charge >= 0.3 is 0 Å². The molecule has 3 aromatic rings. The second-order valence-electron chi connectivity index (χ2n) is 5.23. The van der Waals surface area contributed by atoms with E-state index in [1.54, 1.807) is 12.1 Å². The average Bonchev–Trinajstić information content (AvgIpc) is 2.89. The van der Waals surface area contributed by atoms with Gasteiger partial charge in [0.05, 0.1) is 11.4 Å². The molecule has 1 N–H and O–H groups in total. The van der Waals surface area contributed by atoms with Crippen molar-refractivity contribution in [1.82, 2.24) is 9.78 Å². The van der Waals surface area contributed by atoms with E-state index >= 15 is 0 Å². The zero-order valence-corrected chi connectivity index (χ0v) is 11.5. The second kappa shape index (κ2) is 4.45. The summed E-state index contributed by atoms with van der Waals surface area (Å²) >= 11 is 0. The monoisotopic (exact) mass is 279 g/mol. The number of hydrogen-bond donors (Lipinski definition) is 1. The number of anilines is 1. The largest absolute Gasteiger partial charge is 0.359 e. The van der Waals surface area contributed by atoms with Crippen LogP contribution in [0.3, 0.4) is 0 Å². The Labute approximate surface area is 122 Å². The Morgan fingerprint density at radius 2 is 1.86 bits per heavy atom. The molecule has 0 radical (unpaired) electrons. The molecule has 0 fully saturated rings. The first-order chi connectivity index (χ1) is 10.2. The Bertz CT molecular complexity index is 822. The van der Waals surface area contributed by atoms with Crippen molar-refractivity contribution in [2.24, 2.45) is 0 Å². The van der Waals surface area contributed by atoms with E-state index in [0.717, 1.165) is 22.6 Å². The van der Waals surface area contributed by atoms with E-state index < -0.39 is 0 Å². The van der Waals surface area contributed by atoms with Crippen LogP contribution in [0.25, 0.3) is 11.3 Å². The number of aromatic nitrogens is 2. The molecule has 0 saturated heterocycles. The van der Waals surface area contributed by atoms with Crippen molar-refractivity contribution in [1.29, 1.82) is 0 Å². The molecule has 1 aliphatic rings. The lowest BCUT2D eigenvalue weighted by Gasteiger charge is -2.29. The molecular weight excluding hydrogens is 265 g/mol. The van der Waals surface area contributed by atoms with Crippen LogP contribution in [0.4, 0.5) is 10.1 Å². The lowest BCUT2D eigenvalue weighted by molar-refractivity contribution is 0.526. The molecule has 0 aliphatic carbocycles. The van der Waals surface area contributed by atoms with Crippen molar-refractivity contribution in [3.63, 3.8) is 0 Å². The normalized spacial score (nSPS) is 16.0. The summed E-state index contributed by atoms with van der Waals surface area (Å²) in [7, 11) is 0.